The first-order chi connectivity index (χ1) is 12.4. The van der Waals surface area contributed by atoms with E-state index < -0.39 is 0 Å². The van der Waals surface area contributed by atoms with Crippen LogP contribution in [0.1, 0.15) is 6.42 Å². The molecule has 0 saturated carbocycles. The zero-order valence-electron chi connectivity index (χ0n) is 14.1. The van der Waals surface area contributed by atoms with E-state index in [1.54, 1.807) is 6.20 Å². The van der Waals surface area contributed by atoms with Crippen molar-refractivity contribution >= 4 is 22.7 Å². The summed E-state index contributed by atoms with van der Waals surface area (Å²) in [6.45, 7) is 4.92. The van der Waals surface area contributed by atoms with E-state index >= 15 is 0 Å². The lowest BCUT2D eigenvalue weighted by Crippen LogP contribution is -2.37. The monoisotopic (exact) mass is 338 g/mol. The standard InChI is InChI=1S/C18H22N6O/c1-2-5-16-15(4-1)21-17(18(22-16)24-10-12-25-13-11-24)20-6-3-8-23-9-7-19-14-23/h1-2,4-5,7,9,14H,3,6,8,10-13H2,(H,20,21). The number of morpholine rings is 1. The van der Waals surface area contributed by atoms with E-state index in [9.17, 15) is 0 Å². The van der Waals surface area contributed by atoms with E-state index in [1.165, 1.54) is 0 Å². The van der Waals surface area contributed by atoms with Crippen molar-refractivity contribution in [3.63, 3.8) is 0 Å². The quantitative estimate of drug-likeness (QED) is 0.695. The van der Waals surface area contributed by atoms with Crippen LogP contribution in [0.4, 0.5) is 11.6 Å². The fraction of sp³-hybridized carbons (Fsp3) is 0.389. The molecule has 0 unspecified atom stereocenters. The average Bonchev–Trinajstić information content (AvgIpc) is 3.19. The number of nitrogens with one attached hydrogen (secondary N) is 1. The molecule has 1 aromatic carbocycles. The van der Waals surface area contributed by atoms with Crippen molar-refractivity contribution in [2.24, 2.45) is 0 Å². The first-order valence-corrected chi connectivity index (χ1v) is 8.69. The Hall–Kier alpha value is -2.67. The molecule has 0 atom stereocenters. The zero-order chi connectivity index (χ0) is 16.9. The van der Waals surface area contributed by atoms with Gasteiger partial charge in [-0.3, -0.25) is 0 Å². The van der Waals surface area contributed by atoms with Gasteiger partial charge in [0.05, 0.1) is 30.6 Å². The Morgan fingerprint density at radius 1 is 1.08 bits per heavy atom. The molecule has 0 radical (unpaired) electrons. The van der Waals surface area contributed by atoms with E-state index in [0.29, 0.717) is 0 Å². The Morgan fingerprint density at radius 2 is 1.88 bits per heavy atom. The van der Waals surface area contributed by atoms with Crippen molar-refractivity contribution < 1.29 is 4.74 Å². The minimum absolute atomic E-state index is 0.731. The molecule has 25 heavy (non-hydrogen) atoms. The third kappa shape index (κ3) is 3.71. The molecule has 1 saturated heterocycles. The summed E-state index contributed by atoms with van der Waals surface area (Å²) in [7, 11) is 0. The maximum Gasteiger partial charge on any atom is 0.172 e. The third-order valence-corrected chi connectivity index (χ3v) is 4.31. The van der Waals surface area contributed by atoms with Crippen LogP contribution in [0.3, 0.4) is 0 Å². The molecule has 1 fully saturated rings. The molecule has 2 aromatic heterocycles. The normalized spacial score (nSPS) is 14.8. The van der Waals surface area contributed by atoms with Crippen molar-refractivity contribution in [2.75, 3.05) is 43.1 Å². The summed E-state index contributed by atoms with van der Waals surface area (Å²) in [5.74, 6) is 1.77. The van der Waals surface area contributed by atoms with E-state index in [2.05, 4.69) is 19.8 Å². The fourth-order valence-corrected chi connectivity index (χ4v) is 2.99. The molecule has 1 N–H and O–H groups in total. The summed E-state index contributed by atoms with van der Waals surface area (Å²) in [6, 6.07) is 8.00. The Balaban J connectivity index is 1.52. The lowest BCUT2D eigenvalue weighted by molar-refractivity contribution is 0.122. The zero-order valence-corrected chi connectivity index (χ0v) is 14.1. The van der Waals surface area contributed by atoms with Gasteiger partial charge in [0.2, 0.25) is 0 Å². The summed E-state index contributed by atoms with van der Waals surface area (Å²) < 4.78 is 7.55. The van der Waals surface area contributed by atoms with Crippen LogP contribution in [-0.2, 0) is 11.3 Å². The Bertz CT molecular complexity index is 814. The molecule has 1 aliphatic rings. The molecule has 1 aliphatic heterocycles. The summed E-state index contributed by atoms with van der Waals surface area (Å²) in [5, 5.41) is 3.48. The molecule has 7 nitrogen and oxygen atoms in total. The van der Waals surface area contributed by atoms with Gasteiger partial charge in [-0.25, -0.2) is 15.0 Å². The molecular weight excluding hydrogens is 316 g/mol. The lowest BCUT2D eigenvalue weighted by Gasteiger charge is -2.29. The van der Waals surface area contributed by atoms with Crippen LogP contribution in [0.15, 0.2) is 43.0 Å². The highest BCUT2D eigenvalue weighted by atomic mass is 16.5. The number of rotatable bonds is 6. The SMILES string of the molecule is c1ccc2nc(N3CCOCC3)c(NCCCn3ccnc3)nc2c1. The van der Waals surface area contributed by atoms with Gasteiger partial charge in [-0.2, -0.15) is 0 Å². The topological polar surface area (TPSA) is 68.1 Å². The fourth-order valence-electron chi connectivity index (χ4n) is 2.99. The Kier molecular flexibility index (Phi) is 4.74. The third-order valence-electron chi connectivity index (χ3n) is 4.31. The second kappa shape index (κ2) is 7.48. The van der Waals surface area contributed by atoms with Gasteiger partial charge in [0.15, 0.2) is 11.6 Å². The predicted octanol–water partition coefficient (Wildman–Crippen LogP) is 2.17. The molecule has 0 spiro atoms. The van der Waals surface area contributed by atoms with Crippen molar-refractivity contribution in [1.82, 2.24) is 19.5 Å². The molecular formula is C18H22N6O. The predicted molar refractivity (Wildman–Crippen MR) is 97.9 cm³/mol. The van der Waals surface area contributed by atoms with Crippen molar-refractivity contribution in [3.8, 4) is 0 Å². The van der Waals surface area contributed by atoms with Crippen LogP contribution in [0.25, 0.3) is 11.0 Å². The number of para-hydroxylation sites is 2. The number of hydrogen-bond acceptors (Lipinski definition) is 6. The van der Waals surface area contributed by atoms with E-state index in [1.807, 2.05) is 36.8 Å². The Labute approximate surface area is 146 Å². The lowest BCUT2D eigenvalue weighted by atomic mass is 10.3. The number of nitrogens with zero attached hydrogens (tertiary/aromatic N) is 5. The molecule has 3 aromatic rings. The minimum Gasteiger partial charge on any atom is -0.378 e. The van der Waals surface area contributed by atoms with Crippen LogP contribution in [0.2, 0.25) is 0 Å². The number of aryl methyl sites for hydroxylation is 1. The number of anilines is 2. The molecule has 0 amide bonds. The summed E-state index contributed by atoms with van der Waals surface area (Å²) in [6.07, 6.45) is 6.62. The van der Waals surface area contributed by atoms with Crippen LogP contribution in [0.5, 0.6) is 0 Å². The van der Waals surface area contributed by atoms with Crippen molar-refractivity contribution in [1.29, 1.82) is 0 Å². The van der Waals surface area contributed by atoms with Gasteiger partial charge in [-0.1, -0.05) is 12.1 Å². The van der Waals surface area contributed by atoms with E-state index in [-0.39, 0.29) is 0 Å². The van der Waals surface area contributed by atoms with Crippen molar-refractivity contribution in [3.05, 3.63) is 43.0 Å². The molecule has 0 bridgehead atoms. The first-order valence-electron chi connectivity index (χ1n) is 8.69. The molecule has 7 heteroatoms. The number of ether oxygens (including phenoxy) is 1. The number of fused-ring (bicyclic) bond motifs is 1. The number of imidazole rings is 1. The van der Waals surface area contributed by atoms with E-state index in [0.717, 1.165) is 68.5 Å². The highest BCUT2D eigenvalue weighted by Gasteiger charge is 2.18. The summed E-state index contributed by atoms with van der Waals surface area (Å²) >= 11 is 0. The average molecular weight is 338 g/mol. The smallest absolute Gasteiger partial charge is 0.172 e. The number of hydrogen-bond donors (Lipinski definition) is 1. The highest BCUT2D eigenvalue weighted by molar-refractivity contribution is 5.80. The van der Waals surface area contributed by atoms with Gasteiger partial charge >= 0.3 is 0 Å². The second-order valence-corrected chi connectivity index (χ2v) is 6.06. The first kappa shape index (κ1) is 15.8. The minimum atomic E-state index is 0.731. The van der Waals surface area contributed by atoms with Crippen LogP contribution in [0, 0.1) is 0 Å². The maximum atomic E-state index is 5.47. The number of aromatic nitrogens is 4. The number of benzene rings is 1. The molecule has 0 aliphatic carbocycles. The van der Waals surface area contributed by atoms with Gasteiger partial charge in [-0.05, 0) is 18.6 Å². The van der Waals surface area contributed by atoms with Gasteiger partial charge in [0.1, 0.15) is 0 Å². The Morgan fingerprint density at radius 3 is 2.64 bits per heavy atom. The van der Waals surface area contributed by atoms with Crippen LogP contribution in [-0.4, -0.2) is 52.4 Å². The maximum absolute atomic E-state index is 5.47. The van der Waals surface area contributed by atoms with Gasteiger partial charge in [-0.15, -0.1) is 0 Å². The molecule has 4 rings (SSSR count). The molecule has 3 heterocycles. The van der Waals surface area contributed by atoms with Crippen LogP contribution < -0.4 is 10.2 Å². The largest absolute Gasteiger partial charge is 0.378 e. The van der Waals surface area contributed by atoms with Crippen molar-refractivity contribution in [2.45, 2.75) is 13.0 Å². The highest BCUT2D eigenvalue weighted by Crippen LogP contribution is 2.25. The second-order valence-electron chi connectivity index (χ2n) is 6.06. The molecule has 130 valence electrons. The van der Waals surface area contributed by atoms with Crippen LogP contribution >= 0.6 is 0 Å². The van der Waals surface area contributed by atoms with E-state index in [4.69, 9.17) is 14.7 Å². The summed E-state index contributed by atoms with van der Waals surface area (Å²) in [4.78, 5) is 16.0. The van der Waals surface area contributed by atoms with Gasteiger partial charge in [0, 0.05) is 38.6 Å². The van der Waals surface area contributed by atoms with Gasteiger partial charge < -0.3 is 19.5 Å². The van der Waals surface area contributed by atoms with Gasteiger partial charge in [0.25, 0.3) is 0 Å². The summed E-state index contributed by atoms with van der Waals surface area (Å²) in [5.41, 5.74) is 1.84.